The third-order valence-corrected chi connectivity index (χ3v) is 4.69. The lowest BCUT2D eigenvalue weighted by molar-refractivity contribution is -0.137. The average molecular weight is 487 g/mol. The summed E-state index contributed by atoms with van der Waals surface area (Å²) in [5.41, 5.74) is -2.67. The summed E-state index contributed by atoms with van der Waals surface area (Å²) >= 11 is 5.21. The summed E-state index contributed by atoms with van der Waals surface area (Å²) < 4.78 is 78.0. The minimum atomic E-state index is -4.66. The first-order chi connectivity index (χ1) is 15.5. The number of nitrogens with zero attached hydrogens (tertiary/aromatic N) is 3. The number of nitrogens with one attached hydrogen (secondary N) is 1. The van der Waals surface area contributed by atoms with E-state index in [9.17, 15) is 26.7 Å². The number of anilines is 1. The highest BCUT2D eigenvalue weighted by Gasteiger charge is 2.34. The Morgan fingerprint density at radius 3 is 2.52 bits per heavy atom. The van der Waals surface area contributed by atoms with Crippen molar-refractivity contribution in [1.82, 2.24) is 14.6 Å². The number of ether oxygens (including phenoxy) is 1. The van der Waals surface area contributed by atoms with Gasteiger partial charge in [-0.1, -0.05) is 0 Å². The molecule has 0 aliphatic heterocycles. The zero-order valence-electron chi connectivity index (χ0n) is 16.5. The second-order valence-corrected chi connectivity index (χ2v) is 7.14. The van der Waals surface area contributed by atoms with Gasteiger partial charge in [0.25, 0.3) is 5.91 Å². The maximum atomic E-state index is 14.0. The number of benzene rings is 1. The zero-order chi connectivity index (χ0) is 24.0. The number of alkyl halides is 6. The van der Waals surface area contributed by atoms with Gasteiger partial charge in [-0.2, -0.15) is 27.1 Å². The molecule has 7 nitrogen and oxygen atoms in total. The molecule has 172 valence electrons. The summed E-state index contributed by atoms with van der Waals surface area (Å²) in [7, 11) is 1.21. The lowest BCUT2D eigenvalue weighted by Gasteiger charge is -2.13. The molecule has 0 spiro atoms. The van der Waals surface area contributed by atoms with Gasteiger partial charge in [-0.05, 0) is 48.0 Å². The van der Waals surface area contributed by atoms with Crippen molar-refractivity contribution in [1.29, 1.82) is 0 Å². The number of carbonyl (C=O) groups is 1. The molecular formula is C20H12ClF5N4O3. The summed E-state index contributed by atoms with van der Waals surface area (Å²) in [6.45, 7) is 0. The number of halogens is 6. The van der Waals surface area contributed by atoms with Crippen LogP contribution in [0.5, 0.6) is 5.75 Å². The maximum Gasteiger partial charge on any atom is 0.416 e. The molecule has 0 fully saturated rings. The smallest absolute Gasteiger partial charge is 0.416 e. The average Bonchev–Trinajstić information content (AvgIpc) is 3.41. The molecule has 3 aromatic heterocycles. The number of fused-ring (bicyclic) bond motifs is 1. The normalized spacial score (nSPS) is 12.2. The van der Waals surface area contributed by atoms with Crippen LogP contribution in [0.25, 0.3) is 17.1 Å². The standard InChI is InChI=1S/C20H12ClF5N4O3/c1-32-14-5-4-10(20(24,25)26)7-11(14)28-18(31)13-9-17-27-12(15-3-2-6-33-15)8-16(19(21,22)23)30(17)29-13/h2-9H,1H3,(H,28,31). The van der Waals surface area contributed by atoms with Crippen LogP contribution in [0.1, 0.15) is 21.7 Å². The molecule has 0 aliphatic rings. The summed E-state index contributed by atoms with van der Waals surface area (Å²) in [6.07, 6.45) is -3.35. The van der Waals surface area contributed by atoms with E-state index in [-0.39, 0.29) is 28.5 Å². The molecule has 4 rings (SSSR count). The van der Waals surface area contributed by atoms with Crippen molar-refractivity contribution >= 4 is 28.8 Å². The number of furan rings is 1. The van der Waals surface area contributed by atoms with Gasteiger partial charge in [-0.3, -0.25) is 4.79 Å². The van der Waals surface area contributed by atoms with Gasteiger partial charge in [0.2, 0.25) is 0 Å². The minimum absolute atomic E-state index is 0.00855. The number of hydrogen-bond donors (Lipinski definition) is 1. The highest BCUT2D eigenvalue weighted by molar-refractivity contribution is 6.21. The van der Waals surface area contributed by atoms with Crippen molar-refractivity contribution in [2.75, 3.05) is 12.4 Å². The fourth-order valence-electron chi connectivity index (χ4n) is 3.01. The Balaban J connectivity index is 1.76. The first-order valence-corrected chi connectivity index (χ1v) is 9.43. The Kier molecular flexibility index (Phi) is 5.48. The van der Waals surface area contributed by atoms with Crippen LogP contribution in [-0.4, -0.2) is 27.6 Å². The number of rotatable bonds is 5. The SMILES string of the molecule is COc1ccc(C(F)(F)F)cc1NC(=O)c1cc2nc(-c3ccco3)cc(C(F)(F)Cl)n2n1. The molecule has 1 amide bonds. The third-order valence-electron chi connectivity index (χ3n) is 4.50. The molecule has 3 heterocycles. The van der Waals surface area contributed by atoms with E-state index in [4.69, 9.17) is 20.8 Å². The van der Waals surface area contributed by atoms with Crippen LogP contribution in [0, 0.1) is 0 Å². The van der Waals surface area contributed by atoms with Gasteiger partial charge in [-0.25, -0.2) is 9.50 Å². The van der Waals surface area contributed by atoms with E-state index in [1.54, 1.807) is 0 Å². The molecule has 0 unspecified atom stereocenters. The fourth-order valence-corrected chi connectivity index (χ4v) is 3.14. The predicted octanol–water partition coefficient (Wildman–Crippen LogP) is 5.56. The second-order valence-electron chi connectivity index (χ2n) is 6.67. The number of hydrogen-bond acceptors (Lipinski definition) is 5. The number of carbonyl (C=O) groups excluding carboxylic acids is 1. The molecule has 1 N–H and O–H groups in total. The van der Waals surface area contributed by atoms with Crippen LogP contribution in [-0.2, 0) is 11.6 Å². The lowest BCUT2D eigenvalue weighted by Crippen LogP contribution is -2.16. The Morgan fingerprint density at radius 2 is 1.91 bits per heavy atom. The summed E-state index contributed by atoms with van der Waals surface area (Å²) in [4.78, 5) is 16.8. The molecule has 4 aromatic rings. The van der Waals surface area contributed by atoms with Gasteiger partial charge >= 0.3 is 11.6 Å². The van der Waals surface area contributed by atoms with Crippen molar-refractivity contribution in [3.8, 4) is 17.2 Å². The molecule has 0 saturated carbocycles. The van der Waals surface area contributed by atoms with Gasteiger partial charge in [0.05, 0.1) is 24.6 Å². The van der Waals surface area contributed by atoms with E-state index in [0.717, 1.165) is 24.3 Å². The second kappa shape index (κ2) is 8.03. The minimum Gasteiger partial charge on any atom is -0.495 e. The van der Waals surface area contributed by atoms with Crippen LogP contribution in [0.15, 0.2) is 53.1 Å². The van der Waals surface area contributed by atoms with Crippen LogP contribution < -0.4 is 10.1 Å². The van der Waals surface area contributed by atoms with E-state index in [0.29, 0.717) is 10.6 Å². The molecule has 13 heteroatoms. The van der Waals surface area contributed by atoms with E-state index in [1.807, 2.05) is 0 Å². The van der Waals surface area contributed by atoms with Crippen LogP contribution >= 0.6 is 11.6 Å². The zero-order valence-corrected chi connectivity index (χ0v) is 17.2. The van der Waals surface area contributed by atoms with Crippen molar-refractivity contribution in [2.24, 2.45) is 0 Å². The van der Waals surface area contributed by atoms with Gasteiger partial charge in [0.15, 0.2) is 17.1 Å². The highest BCUT2D eigenvalue weighted by Crippen LogP contribution is 2.36. The molecular weight excluding hydrogens is 475 g/mol. The van der Waals surface area contributed by atoms with E-state index >= 15 is 0 Å². The molecule has 0 radical (unpaired) electrons. The molecule has 0 saturated heterocycles. The Morgan fingerprint density at radius 1 is 1.15 bits per heavy atom. The first kappa shape index (κ1) is 22.5. The summed E-state index contributed by atoms with van der Waals surface area (Å²) in [6, 6.07) is 7.53. The summed E-state index contributed by atoms with van der Waals surface area (Å²) in [5, 5.41) is 2.17. The molecule has 0 bridgehead atoms. The van der Waals surface area contributed by atoms with Crippen molar-refractivity contribution in [3.05, 3.63) is 65.7 Å². The molecule has 0 aliphatic carbocycles. The molecule has 0 atom stereocenters. The Labute approximate surface area is 186 Å². The predicted molar refractivity (Wildman–Crippen MR) is 106 cm³/mol. The van der Waals surface area contributed by atoms with Crippen molar-refractivity contribution in [2.45, 2.75) is 11.6 Å². The van der Waals surface area contributed by atoms with Crippen molar-refractivity contribution < 1.29 is 35.9 Å². The molecule has 33 heavy (non-hydrogen) atoms. The van der Waals surface area contributed by atoms with Crippen LogP contribution in [0.3, 0.4) is 0 Å². The monoisotopic (exact) mass is 486 g/mol. The van der Waals surface area contributed by atoms with Gasteiger partial charge < -0.3 is 14.5 Å². The number of methoxy groups -OCH3 is 1. The van der Waals surface area contributed by atoms with E-state index in [2.05, 4.69) is 15.4 Å². The Hall–Kier alpha value is -3.67. The third kappa shape index (κ3) is 4.46. The number of amides is 1. The lowest BCUT2D eigenvalue weighted by atomic mass is 10.1. The van der Waals surface area contributed by atoms with Crippen molar-refractivity contribution in [3.63, 3.8) is 0 Å². The van der Waals surface area contributed by atoms with E-state index < -0.39 is 34.4 Å². The maximum absolute atomic E-state index is 14.0. The first-order valence-electron chi connectivity index (χ1n) is 9.06. The molecule has 1 aromatic carbocycles. The van der Waals surface area contributed by atoms with Gasteiger partial charge in [0.1, 0.15) is 17.1 Å². The van der Waals surface area contributed by atoms with Crippen LogP contribution in [0.2, 0.25) is 0 Å². The van der Waals surface area contributed by atoms with Gasteiger partial charge in [0, 0.05) is 6.07 Å². The van der Waals surface area contributed by atoms with Gasteiger partial charge in [-0.15, -0.1) is 0 Å². The van der Waals surface area contributed by atoms with E-state index in [1.165, 1.54) is 25.5 Å². The fraction of sp³-hybridized carbons (Fsp3) is 0.150. The summed E-state index contributed by atoms with van der Waals surface area (Å²) in [5.74, 6) is -0.867. The largest absolute Gasteiger partial charge is 0.495 e. The highest BCUT2D eigenvalue weighted by atomic mass is 35.5. The quantitative estimate of drug-likeness (QED) is 0.295. The topological polar surface area (TPSA) is 81.7 Å². The Bertz CT molecular complexity index is 1330. The van der Waals surface area contributed by atoms with Crippen LogP contribution in [0.4, 0.5) is 27.6 Å². The number of aromatic nitrogens is 3.